The minimum atomic E-state index is 0.114. The molecule has 3 nitrogen and oxygen atoms in total. The molecule has 0 radical (unpaired) electrons. The van der Waals surface area contributed by atoms with Crippen LogP contribution in [0.25, 0.3) is 0 Å². The average Bonchev–Trinajstić information content (AvgIpc) is 2.03. The first kappa shape index (κ1) is 8.59. The SMILES string of the molecule is CN(C)c1ccc(O)cc1C=O. The molecule has 0 aromatic heterocycles. The second-order valence-electron chi connectivity index (χ2n) is 2.76. The largest absolute Gasteiger partial charge is 0.508 e. The molecule has 0 amide bonds. The summed E-state index contributed by atoms with van der Waals surface area (Å²) in [5, 5.41) is 9.07. The molecule has 1 rings (SSSR count). The number of benzene rings is 1. The van der Waals surface area contributed by atoms with Crippen LogP contribution in [0.1, 0.15) is 10.4 Å². The maximum Gasteiger partial charge on any atom is 0.152 e. The second-order valence-corrected chi connectivity index (χ2v) is 2.76. The molecule has 64 valence electrons. The van der Waals surface area contributed by atoms with E-state index in [1.165, 1.54) is 6.07 Å². The molecule has 1 aromatic carbocycles. The number of carbonyl (C=O) groups is 1. The molecule has 1 N–H and O–H groups in total. The Morgan fingerprint density at radius 2 is 2.08 bits per heavy atom. The van der Waals surface area contributed by atoms with Gasteiger partial charge < -0.3 is 10.0 Å². The quantitative estimate of drug-likeness (QED) is 0.671. The topological polar surface area (TPSA) is 40.5 Å². The van der Waals surface area contributed by atoms with Crippen molar-refractivity contribution in [3.05, 3.63) is 23.8 Å². The molecule has 0 heterocycles. The van der Waals surface area contributed by atoms with Gasteiger partial charge in [-0.2, -0.15) is 0 Å². The standard InChI is InChI=1S/C9H11NO2/c1-10(2)9-4-3-8(12)5-7(9)6-11/h3-6,12H,1-2H3. The van der Waals surface area contributed by atoms with Crippen LogP contribution in [-0.4, -0.2) is 25.5 Å². The normalized spacial score (nSPS) is 9.50. The Bertz CT molecular complexity index is 295. The molecular formula is C9H11NO2. The van der Waals surface area contributed by atoms with Crippen molar-refractivity contribution in [2.45, 2.75) is 0 Å². The van der Waals surface area contributed by atoms with Gasteiger partial charge in [-0.15, -0.1) is 0 Å². The number of hydrogen-bond donors (Lipinski definition) is 1. The van der Waals surface area contributed by atoms with E-state index in [1.54, 1.807) is 12.1 Å². The number of phenols is 1. The summed E-state index contributed by atoms with van der Waals surface area (Å²) in [7, 11) is 3.69. The highest BCUT2D eigenvalue weighted by Gasteiger charge is 2.03. The molecule has 1 aromatic rings. The van der Waals surface area contributed by atoms with E-state index >= 15 is 0 Å². The van der Waals surface area contributed by atoms with Crippen LogP contribution in [0.15, 0.2) is 18.2 Å². The van der Waals surface area contributed by atoms with Crippen LogP contribution in [0.3, 0.4) is 0 Å². The number of hydrogen-bond acceptors (Lipinski definition) is 3. The fraction of sp³-hybridized carbons (Fsp3) is 0.222. The lowest BCUT2D eigenvalue weighted by Crippen LogP contribution is -2.10. The van der Waals surface area contributed by atoms with Crippen LogP contribution < -0.4 is 4.90 Å². The molecule has 0 saturated carbocycles. The van der Waals surface area contributed by atoms with Crippen LogP contribution in [-0.2, 0) is 0 Å². The minimum absolute atomic E-state index is 0.114. The molecule has 0 atom stereocenters. The Morgan fingerprint density at radius 1 is 1.42 bits per heavy atom. The van der Waals surface area contributed by atoms with Crippen molar-refractivity contribution in [3.63, 3.8) is 0 Å². The lowest BCUT2D eigenvalue weighted by Gasteiger charge is -2.14. The summed E-state index contributed by atoms with van der Waals surface area (Å²) in [6.07, 6.45) is 0.731. The number of nitrogens with zero attached hydrogens (tertiary/aromatic N) is 1. The number of aldehydes is 1. The second kappa shape index (κ2) is 3.26. The lowest BCUT2D eigenvalue weighted by atomic mass is 10.2. The Morgan fingerprint density at radius 3 is 2.58 bits per heavy atom. The lowest BCUT2D eigenvalue weighted by molar-refractivity contribution is 0.112. The molecule has 0 aliphatic heterocycles. The zero-order valence-corrected chi connectivity index (χ0v) is 7.11. The maximum atomic E-state index is 10.5. The van der Waals surface area contributed by atoms with Crippen molar-refractivity contribution >= 4 is 12.0 Å². The van der Waals surface area contributed by atoms with Gasteiger partial charge in [0.05, 0.1) is 0 Å². The Labute approximate surface area is 71.2 Å². The molecule has 0 fully saturated rings. The van der Waals surface area contributed by atoms with Crippen LogP contribution >= 0.6 is 0 Å². The highest BCUT2D eigenvalue weighted by molar-refractivity contribution is 5.85. The van der Waals surface area contributed by atoms with Crippen LogP contribution in [0.4, 0.5) is 5.69 Å². The Hall–Kier alpha value is -1.51. The monoisotopic (exact) mass is 165 g/mol. The van der Waals surface area contributed by atoms with Gasteiger partial charge in [0, 0.05) is 25.3 Å². The molecule has 0 unspecified atom stereocenters. The van der Waals surface area contributed by atoms with Crippen molar-refractivity contribution in [2.24, 2.45) is 0 Å². The molecule has 12 heavy (non-hydrogen) atoms. The number of anilines is 1. The van der Waals surface area contributed by atoms with Gasteiger partial charge in [-0.25, -0.2) is 0 Å². The zero-order valence-electron chi connectivity index (χ0n) is 7.11. The molecule has 0 saturated heterocycles. The van der Waals surface area contributed by atoms with Gasteiger partial charge in [0.15, 0.2) is 6.29 Å². The summed E-state index contributed by atoms with van der Waals surface area (Å²) in [5.41, 5.74) is 1.31. The van der Waals surface area contributed by atoms with Gasteiger partial charge in [0.25, 0.3) is 0 Å². The highest BCUT2D eigenvalue weighted by Crippen LogP contribution is 2.21. The fourth-order valence-electron chi connectivity index (χ4n) is 1.04. The number of aromatic hydroxyl groups is 1. The zero-order chi connectivity index (χ0) is 9.14. The molecule has 0 spiro atoms. The third kappa shape index (κ3) is 1.56. The van der Waals surface area contributed by atoms with Gasteiger partial charge in [-0.1, -0.05) is 0 Å². The molecule has 0 aliphatic carbocycles. The Balaban J connectivity index is 3.20. The van der Waals surface area contributed by atoms with Gasteiger partial charge >= 0.3 is 0 Å². The van der Waals surface area contributed by atoms with E-state index in [1.807, 2.05) is 19.0 Å². The number of phenolic OH excluding ortho intramolecular Hbond substituents is 1. The predicted molar refractivity (Wildman–Crippen MR) is 47.8 cm³/mol. The first-order valence-electron chi connectivity index (χ1n) is 3.60. The first-order valence-corrected chi connectivity index (χ1v) is 3.60. The van der Waals surface area contributed by atoms with Gasteiger partial charge in [-0.3, -0.25) is 4.79 Å². The predicted octanol–water partition coefficient (Wildman–Crippen LogP) is 1.27. The van der Waals surface area contributed by atoms with E-state index < -0.39 is 0 Å². The summed E-state index contributed by atoms with van der Waals surface area (Å²) >= 11 is 0. The van der Waals surface area contributed by atoms with Crippen LogP contribution in [0, 0.1) is 0 Å². The Kier molecular flexibility index (Phi) is 2.33. The van der Waals surface area contributed by atoms with Crippen molar-refractivity contribution < 1.29 is 9.90 Å². The summed E-state index contributed by atoms with van der Waals surface area (Å²) in [4.78, 5) is 12.4. The summed E-state index contributed by atoms with van der Waals surface area (Å²) in [6.45, 7) is 0. The van der Waals surface area contributed by atoms with Gasteiger partial charge in [0.2, 0.25) is 0 Å². The molecule has 3 heteroatoms. The number of carbonyl (C=O) groups excluding carboxylic acids is 1. The van der Waals surface area contributed by atoms with E-state index in [0.29, 0.717) is 5.56 Å². The third-order valence-corrected chi connectivity index (χ3v) is 1.62. The van der Waals surface area contributed by atoms with E-state index in [2.05, 4.69) is 0 Å². The first-order chi connectivity index (χ1) is 5.65. The van der Waals surface area contributed by atoms with Crippen molar-refractivity contribution in [3.8, 4) is 5.75 Å². The van der Waals surface area contributed by atoms with Crippen molar-refractivity contribution in [1.29, 1.82) is 0 Å². The summed E-state index contributed by atoms with van der Waals surface area (Å²) in [5.74, 6) is 0.114. The molecule has 0 aliphatic rings. The van der Waals surface area contributed by atoms with Gasteiger partial charge in [0.1, 0.15) is 5.75 Å². The van der Waals surface area contributed by atoms with E-state index in [-0.39, 0.29) is 5.75 Å². The fourth-order valence-corrected chi connectivity index (χ4v) is 1.04. The van der Waals surface area contributed by atoms with Crippen LogP contribution in [0.2, 0.25) is 0 Å². The van der Waals surface area contributed by atoms with Crippen molar-refractivity contribution in [1.82, 2.24) is 0 Å². The van der Waals surface area contributed by atoms with E-state index in [0.717, 1.165) is 12.0 Å². The smallest absolute Gasteiger partial charge is 0.152 e. The molecule has 0 bridgehead atoms. The summed E-state index contributed by atoms with van der Waals surface area (Å²) < 4.78 is 0. The average molecular weight is 165 g/mol. The minimum Gasteiger partial charge on any atom is -0.508 e. The van der Waals surface area contributed by atoms with Gasteiger partial charge in [-0.05, 0) is 18.2 Å². The molecular weight excluding hydrogens is 154 g/mol. The highest BCUT2D eigenvalue weighted by atomic mass is 16.3. The number of rotatable bonds is 2. The van der Waals surface area contributed by atoms with E-state index in [4.69, 9.17) is 5.11 Å². The van der Waals surface area contributed by atoms with Crippen LogP contribution in [0.5, 0.6) is 5.75 Å². The third-order valence-electron chi connectivity index (χ3n) is 1.62. The summed E-state index contributed by atoms with van der Waals surface area (Å²) in [6, 6.07) is 4.71. The maximum absolute atomic E-state index is 10.5. The van der Waals surface area contributed by atoms with E-state index in [9.17, 15) is 4.79 Å². The van der Waals surface area contributed by atoms with Crippen molar-refractivity contribution in [2.75, 3.05) is 19.0 Å².